The first-order valence-electron chi connectivity index (χ1n) is 6.77. The summed E-state index contributed by atoms with van der Waals surface area (Å²) >= 11 is 0. The summed E-state index contributed by atoms with van der Waals surface area (Å²) < 4.78 is 11.5. The van der Waals surface area contributed by atoms with E-state index in [-0.39, 0.29) is 0 Å². The molecule has 1 aliphatic heterocycles. The lowest BCUT2D eigenvalue weighted by atomic mass is 9.94. The average molecular weight is 268 g/mol. The Morgan fingerprint density at radius 3 is 2.85 bits per heavy atom. The molecule has 2 aromatic carbocycles. The first-order chi connectivity index (χ1) is 9.88. The van der Waals surface area contributed by atoms with E-state index >= 15 is 0 Å². The SMILES string of the molecule is O=Cc1ccccc1OCC1CCOc2ccccc21. The fourth-order valence-electron chi connectivity index (χ4n) is 2.49. The fraction of sp³-hybridized carbons (Fsp3) is 0.235. The van der Waals surface area contributed by atoms with Crippen LogP contribution in [0.15, 0.2) is 48.5 Å². The minimum absolute atomic E-state index is 0.305. The quantitative estimate of drug-likeness (QED) is 0.797. The third kappa shape index (κ3) is 2.52. The monoisotopic (exact) mass is 268 g/mol. The molecule has 1 atom stereocenters. The molecule has 0 spiro atoms. The normalized spacial score (nSPS) is 16.9. The van der Waals surface area contributed by atoms with Gasteiger partial charge in [-0.15, -0.1) is 0 Å². The molecule has 0 aromatic heterocycles. The average Bonchev–Trinajstić information content (AvgIpc) is 2.53. The summed E-state index contributed by atoms with van der Waals surface area (Å²) in [5.74, 6) is 1.89. The summed E-state index contributed by atoms with van der Waals surface area (Å²) in [7, 11) is 0. The van der Waals surface area contributed by atoms with Gasteiger partial charge in [-0.05, 0) is 24.6 Å². The first-order valence-corrected chi connectivity index (χ1v) is 6.77. The maximum Gasteiger partial charge on any atom is 0.153 e. The van der Waals surface area contributed by atoms with E-state index in [1.54, 1.807) is 6.07 Å². The van der Waals surface area contributed by atoms with Crippen molar-refractivity contribution in [3.63, 3.8) is 0 Å². The van der Waals surface area contributed by atoms with Crippen molar-refractivity contribution in [1.29, 1.82) is 0 Å². The molecular weight excluding hydrogens is 252 g/mol. The second-order valence-electron chi connectivity index (χ2n) is 4.84. The lowest BCUT2D eigenvalue weighted by molar-refractivity contribution is 0.111. The zero-order chi connectivity index (χ0) is 13.8. The van der Waals surface area contributed by atoms with Crippen LogP contribution in [-0.2, 0) is 0 Å². The van der Waals surface area contributed by atoms with Gasteiger partial charge in [-0.2, -0.15) is 0 Å². The molecule has 0 fully saturated rings. The van der Waals surface area contributed by atoms with Crippen LogP contribution in [0.4, 0.5) is 0 Å². The van der Waals surface area contributed by atoms with Gasteiger partial charge in [0.1, 0.15) is 11.5 Å². The molecule has 2 aromatic rings. The van der Waals surface area contributed by atoms with Crippen molar-refractivity contribution in [2.45, 2.75) is 12.3 Å². The van der Waals surface area contributed by atoms with Crippen LogP contribution in [0.5, 0.6) is 11.5 Å². The predicted octanol–water partition coefficient (Wildman–Crippen LogP) is 3.44. The molecule has 3 nitrogen and oxygen atoms in total. The maximum atomic E-state index is 11.0. The molecule has 1 unspecified atom stereocenters. The van der Waals surface area contributed by atoms with Crippen molar-refractivity contribution in [2.24, 2.45) is 0 Å². The number of hydrogen-bond donors (Lipinski definition) is 0. The van der Waals surface area contributed by atoms with E-state index in [1.807, 2.05) is 36.4 Å². The third-order valence-electron chi connectivity index (χ3n) is 3.57. The topological polar surface area (TPSA) is 35.5 Å². The van der Waals surface area contributed by atoms with Gasteiger partial charge in [-0.1, -0.05) is 30.3 Å². The Hall–Kier alpha value is -2.29. The van der Waals surface area contributed by atoms with E-state index in [2.05, 4.69) is 6.07 Å². The first kappa shape index (κ1) is 12.7. The Labute approximate surface area is 118 Å². The molecule has 0 saturated carbocycles. The van der Waals surface area contributed by atoms with Crippen molar-refractivity contribution in [2.75, 3.05) is 13.2 Å². The second kappa shape index (κ2) is 5.78. The van der Waals surface area contributed by atoms with Gasteiger partial charge >= 0.3 is 0 Å². The molecule has 3 heteroatoms. The van der Waals surface area contributed by atoms with Crippen molar-refractivity contribution in [3.8, 4) is 11.5 Å². The number of para-hydroxylation sites is 2. The summed E-state index contributed by atoms with van der Waals surface area (Å²) in [6.45, 7) is 1.27. The largest absolute Gasteiger partial charge is 0.493 e. The number of carbonyl (C=O) groups excluding carboxylic acids is 1. The van der Waals surface area contributed by atoms with Crippen molar-refractivity contribution >= 4 is 6.29 Å². The number of aldehydes is 1. The van der Waals surface area contributed by atoms with E-state index in [4.69, 9.17) is 9.47 Å². The minimum atomic E-state index is 0.305. The van der Waals surface area contributed by atoms with Gasteiger partial charge in [0.15, 0.2) is 6.29 Å². The van der Waals surface area contributed by atoms with Crippen molar-refractivity contribution in [1.82, 2.24) is 0 Å². The fourth-order valence-corrected chi connectivity index (χ4v) is 2.49. The van der Waals surface area contributed by atoms with Gasteiger partial charge in [0.2, 0.25) is 0 Å². The molecule has 0 bridgehead atoms. The molecule has 0 aliphatic carbocycles. The van der Waals surface area contributed by atoms with E-state index in [1.165, 1.54) is 5.56 Å². The van der Waals surface area contributed by atoms with Gasteiger partial charge in [0.25, 0.3) is 0 Å². The molecule has 0 saturated heterocycles. The van der Waals surface area contributed by atoms with Crippen LogP contribution in [0.2, 0.25) is 0 Å². The van der Waals surface area contributed by atoms with Gasteiger partial charge in [-0.25, -0.2) is 0 Å². The third-order valence-corrected chi connectivity index (χ3v) is 3.57. The summed E-state index contributed by atoms with van der Waals surface area (Å²) in [5, 5.41) is 0. The number of fused-ring (bicyclic) bond motifs is 1. The molecule has 0 N–H and O–H groups in total. The number of carbonyl (C=O) groups is 1. The highest BCUT2D eigenvalue weighted by molar-refractivity contribution is 5.79. The Morgan fingerprint density at radius 1 is 1.15 bits per heavy atom. The van der Waals surface area contributed by atoms with Crippen LogP contribution in [0, 0.1) is 0 Å². The zero-order valence-corrected chi connectivity index (χ0v) is 11.1. The lowest BCUT2D eigenvalue weighted by Gasteiger charge is -2.26. The van der Waals surface area contributed by atoms with Gasteiger partial charge in [-0.3, -0.25) is 4.79 Å². The van der Waals surface area contributed by atoms with Gasteiger partial charge < -0.3 is 9.47 Å². The van der Waals surface area contributed by atoms with Gasteiger partial charge in [0.05, 0.1) is 18.8 Å². The van der Waals surface area contributed by atoms with Crippen LogP contribution in [0.3, 0.4) is 0 Å². The van der Waals surface area contributed by atoms with Gasteiger partial charge in [0, 0.05) is 11.5 Å². The van der Waals surface area contributed by atoms with Crippen LogP contribution in [0.1, 0.15) is 28.3 Å². The standard InChI is InChI=1S/C17H16O3/c18-11-13-5-1-3-7-16(13)20-12-14-9-10-19-17-8-4-2-6-15(14)17/h1-8,11,14H,9-10,12H2. The highest BCUT2D eigenvalue weighted by Crippen LogP contribution is 2.33. The molecule has 0 amide bonds. The van der Waals surface area contributed by atoms with E-state index in [9.17, 15) is 4.79 Å². The molecule has 20 heavy (non-hydrogen) atoms. The van der Waals surface area contributed by atoms with E-state index in [0.717, 1.165) is 18.5 Å². The van der Waals surface area contributed by atoms with E-state index in [0.29, 0.717) is 30.4 Å². The summed E-state index contributed by atoms with van der Waals surface area (Å²) in [6.07, 6.45) is 1.76. The highest BCUT2D eigenvalue weighted by atomic mass is 16.5. The van der Waals surface area contributed by atoms with Crippen LogP contribution >= 0.6 is 0 Å². The Morgan fingerprint density at radius 2 is 1.95 bits per heavy atom. The molecule has 0 radical (unpaired) electrons. The minimum Gasteiger partial charge on any atom is -0.493 e. The van der Waals surface area contributed by atoms with Crippen molar-refractivity contribution < 1.29 is 14.3 Å². The lowest BCUT2D eigenvalue weighted by Crippen LogP contribution is -2.19. The highest BCUT2D eigenvalue weighted by Gasteiger charge is 2.21. The molecule has 1 aliphatic rings. The second-order valence-corrected chi connectivity index (χ2v) is 4.84. The van der Waals surface area contributed by atoms with Crippen LogP contribution < -0.4 is 9.47 Å². The smallest absolute Gasteiger partial charge is 0.153 e. The Kier molecular flexibility index (Phi) is 3.68. The Balaban J connectivity index is 1.75. The summed E-state index contributed by atoms with van der Waals surface area (Å²) in [5.41, 5.74) is 1.77. The zero-order valence-electron chi connectivity index (χ0n) is 11.1. The maximum absolute atomic E-state index is 11.0. The van der Waals surface area contributed by atoms with Crippen molar-refractivity contribution in [3.05, 3.63) is 59.7 Å². The Bertz CT molecular complexity index is 607. The van der Waals surface area contributed by atoms with Crippen LogP contribution in [-0.4, -0.2) is 19.5 Å². The van der Waals surface area contributed by atoms with Crippen LogP contribution in [0.25, 0.3) is 0 Å². The molecule has 102 valence electrons. The number of hydrogen-bond acceptors (Lipinski definition) is 3. The number of ether oxygens (including phenoxy) is 2. The number of benzene rings is 2. The predicted molar refractivity (Wildman–Crippen MR) is 76.6 cm³/mol. The molecular formula is C17H16O3. The number of rotatable bonds is 4. The summed E-state index contributed by atoms with van der Waals surface area (Å²) in [4.78, 5) is 11.0. The summed E-state index contributed by atoms with van der Waals surface area (Å²) in [6, 6.07) is 15.4. The van der Waals surface area contributed by atoms with E-state index < -0.39 is 0 Å². The molecule has 3 rings (SSSR count). The molecule has 1 heterocycles.